The summed E-state index contributed by atoms with van der Waals surface area (Å²) in [6.07, 6.45) is -2.50. The molecule has 1 amide bonds. The summed E-state index contributed by atoms with van der Waals surface area (Å²) in [7, 11) is 1.57. The lowest BCUT2D eigenvalue weighted by atomic mass is 10.1. The quantitative estimate of drug-likeness (QED) is 0.843. The highest BCUT2D eigenvalue weighted by atomic mass is 32.2. The highest BCUT2D eigenvalue weighted by Crippen LogP contribution is 2.31. The number of nitrogens with one attached hydrogen (secondary N) is 2. The Labute approximate surface area is 126 Å². The van der Waals surface area contributed by atoms with Crippen LogP contribution in [0.5, 0.6) is 0 Å². The van der Waals surface area contributed by atoms with Crippen molar-refractivity contribution in [1.29, 1.82) is 0 Å². The average molecular weight is 320 g/mol. The predicted molar refractivity (Wildman–Crippen MR) is 80.9 cm³/mol. The Morgan fingerprint density at radius 2 is 2.05 bits per heavy atom. The minimum Gasteiger partial charge on any atom is -0.387 e. The molecule has 0 aromatic heterocycles. The van der Waals surface area contributed by atoms with Crippen LogP contribution in [-0.2, 0) is 6.18 Å². The van der Waals surface area contributed by atoms with Crippen molar-refractivity contribution in [3.05, 3.63) is 29.3 Å². The van der Waals surface area contributed by atoms with Crippen LogP contribution in [0.25, 0.3) is 0 Å². The Balaban J connectivity index is 2.91. The van der Waals surface area contributed by atoms with Gasteiger partial charge >= 0.3 is 6.18 Å². The smallest absolute Gasteiger partial charge is 0.387 e. The van der Waals surface area contributed by atoms with Crippen molar-refractivity contribution in [3.8, 4) is 0 Å². The van der Waals surface area contributed by atoms with Crippen molar-refractivity contribution in [2.75, 3.05) is 30.9 Å². The second-order valence-corrected chi connectivity index (χ2v) is 5.69. The van der Waals surface area contributed by atoms with Crippen molar-refractivity contribution < 1.29 is 18.0 Å². The summed E-state index contributed by atoms with van der Waals surface area (Å²) in [4.78, 5) is 12.1. The number of amides is 1. The summed E-state index contributed by atoms with van der Waals surface area (Å²) < 4.78 is 38.2. The Morgan fingerprint density at radius 3 is 2.57 bits per heavy atom. The van der Waals surface area contributed by atoms with Gasteiger partial charge in [0, 0.05) is 19.3 Å². The van der Waals surface area contributed by atoms with E-state index >= 15 is 0 Å². The normalized spacial score (nSPS) is 12.9. The van der Waals surface area contributed by atoms with E-state index in [0.29, 0.717) is 12.2 Å². The summed E-state index contributed by atoms with van der Waals surface area (Å²) in [5, 5.41) is 5.41. The summed E-state index contributed by atoms with van der Waals surface area (Å²) in [6.45, 7) is 2.40. The molecular formula is C14H19F3N2OS. The number of hydrogen-bond acceptors (Lipinski definition) is 3. The van der Waals surface area contributed by atoms with E-state index in [2.05, 4.69) is 10.6 Å². The Kier molecular flexibility index (Phi) is 6.39. The molecular weight excluding hydrogens is 301 g/mol. The lowest BCUT2D eigenvalue weighted by Gasteiger charge is -2.15. The van der Waals surface area contributed by atoms with E-state index in [9.17, 15) is 18.0 Å². The molecule has 0 aliphatic rings. The number of benzene rings is 1. The van der Waals surface area contributed by atoms with E-state index in [0.717, 1.165) is 17.9 Å². The van der Waals surface area contributed by atoms with Gasteiger partial charge in [-0.05, 0) is 36.1 Å². The maximum atomic E-state index is 12.7. The van der Waals surface area contributed by atoms with Crippen molar-refractivity contribution in [3.63, 3.8) is 0 Å². The highest BCUT2D eigenvalue weighted by molar-refractivity contribution is 7.98. The summed E-state index contributed by atoms with van der Waals surface area (Å²) in [5.74, 6) is 0.632. The molecule has 0 radical (unpaired) electrons. The second-order valence-electron chi connectivity index (χ2n) is 4.78. The molecule has 0 saturated heterocycles. The van der Waals surface area contributed by atoms with E-state index in [1.54, 1.807) is 18.8 Å². The topological polar surface area (TPSA) is 41.1 Å². The molecule has 7 heteroatoms. The fourth-order valence-electron chi connectivity index (χ4n) is 1.83. The van der Waals surface area contributed by atoms with E-state index in [-0.39, 0.29) is 11.5 Å². The summed E-state index contributed by atoms with van der Waals surface area (Å²) in [6, 6.07) is 3.10. The first-order valence-electron chi connectivity index (χ1n) is 6.45. The number of rotatable bonds is 6. The zero-order chi connectivity index (χ0) is 16.0. The first kappa shape index (κ1) is 17.7. The van der Waals surface area contributed by atoms with E-state index in [1.807, 2.05) is 13.2 Å². The number of carbonyl (C=O) groups excluding carboxylic acids is 1. The minimum atomic E-state index is -4.46. The second kappa shape index (κ2) is 7.59. The minimum absolute atomic E-state index is 0.00340. The largest absolute Gasteiger partial charge is 0.416 e. The molecule has 1 atom stereocenters. The van der Waals surface area contributed by atoms with E-state index < -0.39 is 17.6 Å². The van der Waals surface area contributed by atoms with Gasteiger partial charge in [0.25, 0.3) is 5.91 Å². The lowest BCUT2D eigenvalue weighted by molar-refractivity contribution is -0.137. The Hall–Kier alpha value is -1.37. The fraction of sp³-hybridized carbons (Fsp3) is 0.500. The molecule has 0 aliphatic carbocycles. The third-order valence-corrected chi connectivity index (χ3v) is 3.83. The van der Waals surface area contributed by atoms with Crippen LogP contribution in [0, 0.1) is 5.92 Å². The lowest BCUT2D eigenvalue weighted by Crippen LogP contribution is -2.30. The van der Waals surface area contributed by atoms with Gasteiger partial charge < -0.3 is 10.6 Å². The van der Waals surface area contributed by atoms with Gasteiger partial charge in [0.2, 0.25) is 0 Å². The summed E-state index contributed by atoms with van der Waals surface area (Å²) in [5.41, 5.74) is -0.453. The third-order valence-electron chi connectivity index (χ3n) is 2.92. The van der Waals surface area contributed by atoms with Crippen LogP contribution < -0.4 is 10.6 Å². The van der Waals surface area contributed by atoms with Crippen LogP contribution >= 0.6 is 11.8 Å². The van der Waals surface area contributed by atoms with Crippen LogP contribution in [0.4, 0.5) is 18.9 Å². The van der Waals surface area contributed by atoms with Gasteiger partial charge in [-0.15, -0.1) is 0 Å². The van der Waals surface area contributed by atoms with Crippen LogP contribution in [-0.4, -0.2) is 31.5 Å². The number of alkyl halides is 3. The maximum absolute atomic E-state index is 12.7. The molecule has 2 N–H and O–H groups in total. The van der Waals surface area contributed by atoms with Crippen molar-refractivity contribution >= 4 is 23.4 Å². The van der Waals surface area contributed by atoms with Gasteiger partial charge in [-0.1, -0.05) is 6.92 Å². The van der Waals surface area contributed by atoms with Crippen LogP contribution in [0.3, 0.4) is 0 Å². The van der Waals surface area contributed by atoms with Gasteiger partial charge in [-0.2, -0.15) is 24.9 Å². The number of thioether (sulfide) groups is 1. The Bertz CT molecular complexity index is 492. The molecule has 1 rings (SSSR count). The van der Waals surface area contributed by atoms with Crippen molar-refractivity contribution in [2.45, 2.75) is 13.1 Å². The van der Waals surface area contributed by atoms with Gasteiger partial charge in [0.1, 0.15) is 0 Å². The zero-order valence-electron chi connectivity index (χ0n) is 12.2. The molecule has 0 saturated carbocycles. The van der Waals surface area contributed by atoms with Gasteiger partial charge in [-0.3, -0.25) is 4.79 Å². The van der Waals surface area contributed by atoms with Crippen molar-refractivity contribution in [1.82, 2.24) is 5.32 Å². The molecule has 21 heavy (non-hydrogen) atoms. The van der Waals surface area contributed by atoms with E-state index in [4.69, 9.17) is 0 Å². The highest BCUT2D eigenvalue weighted by Gasteiger charge is 2.31. The van der Waals surface area contributed by atoms with E-state index in [1.165, 1.54) is 6.07 Å². The van der Waals surface area contributed by atoms with Crippen LogP contribution in [0.2, 0.25) is 0 Å². The number of carbonyl (C=O) groups is 1. The van der Waals surface area contributed by atoms with Gasteiger partial charge in [0.15, 0.2) is 0 Å². The standard InChI is InChI=1S/C14H19F3N2OS/c1-9(8-21-3)7-19-13(20)11-6-10(14(15,16)17)4-5-12(11)18-2/h4-6,9,18H,7-8H2,1-3H3,(H,19,20). The third kappa shape index (κ3) is 5.15. The van der Waals surface area contributed by atoms with Crippen LogP contribution in [0.15, 0.2) is 18.2 Å². The first-order valence-corrected chi connectivity index (χ1v) is 7.85. The molecule has 1 unspecified atom stereocenters. The predicted octanol–water partition coefficient (Wildman–Crippen LogP) is 3.48. The fourth-order valence-corrected chi connectivity index (χ4v) is 2.52. The molecule has 1 aromatic carbocycles. The van der Waals surface area contributed by atoms with Crippen molar-refractivity contribution in [2.24, 2.45) is 5.92 Å². The summed E-state index contributed by atoms with van der Waals surface area (Å²) >= 11 is 1.66. The molecule has 0 fully saturated rings. The first-order chi connectivity index (χ1) is 9.79. The number of hydrogen-bond donors (Lipinski definition) is 2. The Morgan fingerprint density at radius 1 is 1.38 bits per heavy atom. The molecule has 0 spiro atoms. The number of anilines is 1. The van der Waals surface area contributed by atoms with Gasteiger partial charge in [0.05, 0.1) is 11.1 Å². The molecule has 0 bridgehead atoms. The molecule has 3 nitrogen and oxygen atoms in total. The molecule has 0 aliphatic heterocycles. The molecule has 1 aromatic rings. The number of halogens is 3. The average Bonchev–Trinajstić information content (AvgIpc) is 2.43. The molecule has 118 valence electrons. The SMILES string of the molecule is CNc1ccc(C(F)(F)F)cc1C(=O)NCC(C)CSC. The maximum Gasteiger partial charge on any atom is 0.416 e. The monoisotopic (exact) mass is 320 g/mol. The molecule has 0 heterocycles. The zero-order valence-corrected chi connectivity index (χ0v) is 13.0. The van der Waals surface area contributed by atoms with Gasteiger partial charge in [-0.25, -0.2) is 0 Å². The van der Waals surface area contributed by atoms with Crippen LogP contribution in [0.1, 0.15) is 22.8 Å².